The second-order valence-corrected chi connectivity index (χ2v) is 5.89. The van der Waals surface area contributed by atoms with Crippen LogP contribution in [-0.2, 0) is 4.79 Å². The highest BCUT2D eigenvalue weighted by Crippen LogP contribution is 2.27. The predicted molar refractivity (Wildman–Crippen MR) is 76.9 cm³/mol. The number of hydrogen-bond acceptors (Lipinski definition) is 4. The lowest BCUT2D eigenvalue weighted by Crippen LogP contribution is -2.37. The molecule has 2 rings (SSSR count). The van der Waals surface area contributed by atoms with Crippen molar-refractivity contribution in [3.63, 3.8) is 0 Å². The normalized spacial score (nSPS) is 18.9. The highest BCUT2D eigenvalue weighted by atomic mass is 32.1. The Labute approximate surface area is 121 Å². The van der Waals surface area contributed by atoms with E-state index in [0.29, 0.717) is 11.4 Å². The highest BCUT2D eigenvalue weighted by molar-refractivity contribution is 7.15. The molecule has 0 aromatic carbocycles. The molecule has 1 aromatic rings. The molecule has 0 spiro atoms. The van der Waals surface area contributed by atoms with E-state index >= 15 is 0 Å². The van der Waals surface area contributed by atoms with Gasteiger partial charge in [-0.05, 0) is 37.5 Å². The number of aliphatic carboxylic acids is 1. The zero-order valence-electron chi connectivity index (χ0n) is 11.2. The molecule has 5 nitrogen and oxygen atoms in total. The van der Waals surface area contributed by atoms with Gasteiger partial charge in [-0.2, -0.15) is 0 Å². The minimum Gasteiger partial charge on any atom is -0.478 e. The van der Waals surface area contributed by atoms with E-state index in [1.165, 1.54) is 17.4 Å². The van der Waals surface area contributed by atoms with Gasteiger partial charge in [0, 0.05) is 17.5 Å². The molecule has 0 aliphatic carbocycles. The van der Waals surface area contributed by atoms with Gasteiger partial charge in [-0.3, -0.25) is 4.79 Å². The van der Waals surface area contributed by atoms with Crippen molar-refractivity contribution in [2.45, 2.75) is 25.8 Å². The number of likely N-dealkylation sites (tertiary alicyclic amines) is 1. The summed E-state index contributed by atoms with van der Waals surface area (Å²) in [5.74, 6) is -1.09. The molecule has 1 amide bonds. The number of nitrogens with zero attached hydrogens (tertiary/aromatic N) is 1. The number of carbonyl (C=O) groups is 2. The maximum Gasteiger partial charge on any atom is 0.328 e. The Bertz CT molecular complexity index is 549. The molecule has 1 atom stereocenters. The predicted octanol–water partition coefficient (Wildman–Crippen LogP) is 1.75. The lowest BCUT2D eigenvalue weighted by atomic mass is 10.2. The summed E-state index contributed by atoms with van der Waals surface area (Å²) in [5, 5.41) is 17.9. The Hall–Kier alpha value is -1.66. The van der Waals surface area contributed by atoms with Crippen LogP contribution < -0.4 is 0 Å². The van der Waals surface area contributed by atoms with Crippen LogP contribution in [-0.4, -0.2) is 46.2 Å². The quantitative estimate of drug-likeness (QED) is 0.830. The maximum atomic E-state index is 12.4. The van der Waals surface area contributed by atoms with Gasteiger partial charge in [-0.25, -0.2) is 4.79 Å². The van der Waals surface area contributed by atoms with Crippen LogP contribution in [0.5, 0.6) is 0 Å². The summed E-state index contributed by atoms with van der Waals surface area (Å²) in [5.41, 5.74) is 0.885. The van der Waals surface area contributed by atoms with Crippen LogP contribution in [0.25, 0.3) is 6.08 Å². The number of amides is 1. The molecule has 1 aliphatic heterocycles. The molecule has 1 unspecified atom stereocenters. The molecule has 108 valence electrons. The average Bonchev–Trinajstić information content (AvgIpc) is 3.01. The molecule has 2 N–H and O–H groups in total. The van der Waals surface area contributed by atoms with E-state index in [1.807, 2.05) is 6.92 Å². The SMILES string of the molecule is Cc1cc(C(=O)N2CCCC2CO)sc1/C=C/C(=O)O. The van der Waals surface area contributed by atoms with Gasteiger partial charge in [0.2, 0.25) is 0 Å². The van der Waals surface area contributed by atoms with Gasteiger partial charge in [0.25, 0.3) is 5.91 Å². The van der Waals surface area contributed by atoms with E-state index in [-0.39, 0.29) is 18.6 Å². The van der Waals surface area contributed by atoms with Crippen LogP contribution in [0.1, 0.15) is 33.0 Å². The first-order valence-corrected chi connectivity index (χ1v) is 7.28. The van der Waals surface area contributed by atoms with Crippen LogP contribution in [0.2, 0.25) is 0 Å². The number of rotatable bonds is 4. The molecule has 0 bridgehead atoms. The summed E-state index contributed by atoms with van der Waals surface area (Å²) < 4.78 is 0. The minimum absolute atomic E-state index is 0.0120. The molecule has 6 heteroatoms. The van der Waals surface area contributed by atoms with Crippen molar-refractivity contribution in [3.05, 3.63) is 27.5 Å². The van der Waals surface area contributed by atoms with E-state index < -0.39 is 5.97 Å². The monoisotopic (exact) mass is 295 g/mol. The Morgan fingerprint density at radius 3 is 2.95 bits per heavy atom. The summed E-state index contributed by atoms with van der Waals surface area (Å²) >= 11 is 1.29. The summed E-state index contributed by atoms with van der Waals surface area (Å²) in [7, 11) is 0. The number of aliphatic hydroxyl groups is 1. The Balaban J connectivity index is 2.19. The van der Waals surface area contributed by atoms with E-state index in [0.717, 1.165) is 29.4 Å². The summed E-state index contributed by atoms with van der Waals surface area (Å²) in [4.78, 5) is 26.0. The Morgan fingerprint density at radius 1 is 1.55 bits per heavy atom. The summed E-state index contributed by atoms with van der Waals surface area (Å²) in [6.07, 6.45) is 4.32. The molecule has 0 saturated carbocycles. The zero-order valence-corrected chi connectivity index (χ0v) is 12.0. The molecule has 1 saturated heterocycles. The van der Waals surface area contributed by atoms with Crippen LogP contribution in [0, 0.1) is 6.92 Å². The first-order valence-electron chi connectivity index (χ1n) is 6.46. The summed E-state index contributed by atoms with van der Waals surface area (Å²) in [6.45, 7) is 2.51. The van der Waals surface area contributed by atoms with E-state index in [9.17, 15) is 14.7 Å². The third-order valence-corrected chi connectivity index (χ3v) is 4.58. The molecule has 1 fully saturated rings. The maximum absolute atomic E-state index is 12.4. The molecular formula is C14H17NO4S. The zero-order chi connectivity index (χ0) is 14.7. The topological polar surface area (TPSA) is 77.8 Å². The molecular weight excluding hydrogens is 278 g/mol. The van der Waals surface area contributed by atoms with Crippen LogP contribution in [0.15, 0.2) is 12.1 Å². The number of carbonyl (C=O) groups excluding carboxylic acids is 1. The van der Waals surface area contributed by atoms with Gasteiger partial charge in [-0.1, -0.05) is 0 Å². The minimum atomic E-state index is -1.01. The number of thiophene rings is 1. The van der Waals surface area contributed by atoms with E-state index in [2.05, 4.69) is 0 Å². The lowest BCUT2D eigenvalue weighted by Gasteiger charge is -2.22. The number of carboxylic acids is 1. The third kappa shape index (κ3) is 3.08. The molecule has 2 heterocycles. The Morgan fingerprint density at radius 2 is 2.30 bits per heavy atom. The van der Waals surface area contributed by atoms with E-state index in [4.69, 9.17) is 5.11 Å². The number of carboxylic acid groups (broad SMARTS) is 1. The number of hydrogen-bond donors (Lipinski definition) is 2. The standard InChI is InChI=1S/C14H17NO4S/c1-9-7-12(20-11(9)4-5-13(17)18)14(19)15-6-2-3-10(15)8-16/h4-5,7,10,16H,2-3,6,8H2,1H3,(H,17,18)/b5-4+. The third-order valence-electron chi connectivity index (χ3n) is 3.39. The molecule has 0 radical (unpaired) electrons. The van der Waals surface area contributed by atoms with Crippen molar-refractivity contribution in [2.24, 2.45) is 0 Å². The second-order valence-electron chi connectivity index (χ2n) is 4.81. The first kappa shape index (κ1) is 14.7. The van der Waals surface area contributed by atoms with Crippen molar-refractivity contribution >= 4 is 29.3 Å². The van der Waals surface area contributed by atoms with Gasteiger partial charge < -0.3 is 15.1 Å². The van der Waals surface area contributed by atoms with Crippen molar-refractivity contribution in [1.29, 1.82) is 0 Å². The van der Waals surface area contributed by atoms with E-state index in [1.54, 1.807) is 11.0 Å². The van der Waals surface area contributed by atoms with Gasteiger partial charge in [0.1, 0.15) is 0 Å². The van der Waals surface area contributed by atoms with Gasteiger partial charge in [0.15, 0.2) is 0 Å². The largest absolute Gasteiger partial charge is 0.478 e. The van der Waals surface area contributed by atoms with Crippen LogP contribution >= 0.6 is 11.3 Å². The van der Waals surface area contributed by atoms with Crippen molar-refractivity contribution in [1.82, 2.24) is 4.90 Å². The Kier molecular flexibility index (Phi) is 4.57. The molecule has 1 aliphatic rings. The fraction of sp³-hybridized carbons (Fsp3) is 0.429. The first-order chi connectivity index (χ1) is 9.52. The summed E-state index contributed by atoms with van der Waals surface area (Å²) in [6, 6.07) is 1.68. The molecule has 20 heavy (non-hydrogen) atoms. The smallest absolute Gasteiger partial charge is 0.328 e. The number of aryl methyl sites for hydroxylation is 1. The van der Waals surface area contributed by atoms with Crippen LogP contribution in [0.3, 0.4) is 0 Å². The van der Waals surface area contributed by atoms with Gasteiger partial charge >= 0.3 is 5.97 Å². The van der Waals surface area contributed by atoms with Crippen molar-refractivity contribution in [2.75, 3.05) is 13.2 Å². The average molecular weight is 295 g/mol. The van der Waals surface area contributed by atoms with Gasteiger partial charge in [0.05, 0.1) is 17.5 Å². The lowest BCUT2D eigenvalue weighted by molar-refractivity contribution is -0.131. The highest BCUT2D eigenvalue weighted by Gasteiger charge is 2.29. The number of aliphatic hydroxyl groups excluding tert-OH is 1. The van der Waals surface area contributed by atoms with Crippen molar-refractivity contribution < 1.29 is 19.8 Å². The fourth-order valence-corrected chi connectivity index (χ4v) is 3.38. The van der Waals surface area contributed by atoms with Crippen LogP contribution in [0.4, 0.5) is 0 Å². The molecule has 1 aromatic heterocycles. The second kappa shape index (κ2) is 6.19. The van der Waals surface area contributed by atoms with Crippen molar-refractivity contribution in [3.8, 4) is 0 Å². The fourth-order valence-electron chi connectivity index (χ4n) is 2.35. The van der Waals surface area contributed by atoms with Gasteiger partial charge in [-0.15, -0.1) is 11.3 Å².